The van der Waals surface area contributed by atoms with E-state index in [2.05, 4.69) is 0 Å². The monoisotopic (exact) mass is 870 g/mol. The molecule has 0 radical (unpaired) electrons. The van der Waals surface area contributed by atoms with E-state index in [9.17, 15) is 39.0 Å². The van der Waals surface area contributed by atoms with Gasteiger partial charge >= 0.3 is 35.8 Å². The number of aliphatic hydroxyl groups is 2. The van der Waals surface area contributed by atoms with E-state index in [0.29, 0.717) is 0 Å². The Morgan fingerprint density at radius 3 is 2.08 bits per heavy atom. The van der Waals surface area contributed by atoms with Crippen molar-refractivity contribution in [3.05, 3.63) is 47.1 Å². The lowest BCUT2D eigenvalue weighted by Gasteiger charge is -2.78. The summed E-state index contributed by atoms with van der Waals surface area (Å²) >= 11 is 0. The fourth-order valence-electron chi connectivity index (χ4n) is 13.8. The normalized spacial score (nSPS) is 46.3. The maximum atomic E-state index is 15.0. The summed E-state index contributed by atoms with van der Waals surface area (Å²) in [6.07, 6.45) is -5.28. The van der Waals surface area contributed by atoms with Crippen molar-refractivity contribution in [3.63, 3.8) is 0 Å². The molecule has 1 aromatic heterocycles. The first-order chi connectivity index (χ1) is 28.8. The molecule has 7 aliphatic rings. The number of allylic oxidation sites excluding steroid dienone is 2. The Bertz CT molecular complexity index is 2230. The number of hydrogen-bond donors (Lipinski definition) is 2. The van der Waals surface area contributed by atoms with Gasteiger partial charge in [0.2, 0.25) is 0 Å². The van der Waals surface area contributed by atoms with Crippen LogP contribution in [-0.4, -0.2) is 106 Å². The number of methoxy groups -OCH3 is 1. The fourth-order valence-corrected chi connectivity index (χ4v) is 13.8. The van der Waals surface area contributed by atoms with Crippen molar-refractivity contribution in [2.75, 3.05) is 7.11 Å². The molecule has 4 saturated carbocycles. The predicted octanol–water partition coefficient (Wildman–Crippen LogP) is 3.98. The maximum Gasteiger partial charge on any atom is 0.338 e. The lowest BCUT2D eigenvalue weighted by molar-refractivity contribution is -0.490. The standard InChI is InChI=1S/C44H54O18/c1-13-20(4)33(50)59-35-37(8)18-41-39(10,25(37)16-26(48)53-12)44-32(56-22(6)46)31(55-21(5)45)38(9)29(27(28(49)19(2)3)34(51)58-30(38)24-14-15-54-17-24)43(44,61-40(11,60-41)62-44)36(42(35,41)52)57-23(7)47/h13-15,17,19,25,29-32,35-36,49,52H,16,18H2,1-12H3/b20-13+,28-27-/t25-,29+,30-,31-,32+,35-,36+,37+,38+,39+,40+,41+,42-,43+,44-/m0/s1. The first kappa shape index (κ1) is 43.9. The van der Waals surface area contributed by atoms with Crippen LogP contribution < -0.4 is 0 Å². The molecular weight excluding hydrogens is 816 g/mol. The van der Waals surface area contributed by atoms with Gasteiger partial charge in [0.1, 0.15) is 23.6 Å². The van der Waals surface area contributed by atoms with E-state index in [1.807, 2.05) is 0 Å². The van der Waals surface area contributed by atoms with Gasteiger partial charge in [0.15, 0.2) is 35.1 Å². The smallest absolute Gasteiger partial charge is 0.338 e. The Morgan fingerprint density at radius 1 is 0.903 bits per heavy atom. The Kier molecular flexibility index (Phi) is 9.46. The molecule has 1 aromatic rings. The lowest BCUT2D eigenvalue weighted by Crippen LogP contribution is -2.97. The SMILES string of the molecule is C/C=C(\C)C(=O)O[C@H]1[C@]2(C)C[C@@]34O[C@]5(C)O[C@]6([C@@H]7/C(=C(/O)C(C)C)C(=O)O[C@@H](c8ccoc8)[C@]7(C)[C@@H](OC(C)=O)[C@@H](OC(C)=O)[C@]6(O5)[C@]3(C)[C@H]2CC(=O)OC)[C@H](OC(C)=O)[C@@]14O. The molecule has 2 N–H and O–H groups in total. The number of carbonyl (C=O) groups excluding carboxylic acids is 6. The summed E-state index contributed by atoms with van der Waals surface area (Å²) in [7, 11) is 1.19. The molecule has 4 heterocycles. The van der Waals surface area contributed by atoms with Gasteiger partial charge in [0.05, 0.1) is 30.6 Å². The van der Waals surface area contributed by atoms with Crippen LogP contribution in [0.3, 0.4) is 0 Å². The van der Waals surface area contributed by atoms with Crippen molar-refractivity contribution < 1.29 is 86.0 Å². The number of aliphatic hydroxyl groups excluding tert-OH is 1. The summed E-state index contributed by atoms with van der Waals surface area (Å²) in [5.41, 5.74) is -15.1. The Hall–Kier alpha value is -4.78. The average Bonchev–Trinajstić information content (AvgIpc) is 3.88. The average molecular weight is 871 g/mol. The summed E-state index contributed by atoms with van der Waals surface area (Å²) in [5.74, 6) is -11.9. The van der Waals surface area contributed by atoms with Crippen molar-refractivity contribution >= 4 is 35.8 Å². The quantitative estimate of drug-likeness (QED) is 0.154. The number of rotatable bonds is 9. The van der Waals surface area contributed by atoms with Crippen LogP contribution in [0.2, 0.25) is 0 Å². The number of furan rings is 1. The Balaban J connectivity index is 1.62. The zero-order chi connectivity index (χ0) is 45.7. The van der Waals surface area contributed by atoms with Crippen LogP contribution in [0, 0.1) is 34.0 Å². The zero-order valence-corrected chi connectivity index (χ0v) is 36.8. The summed E-state index contributed by atoms with van der Waals surface area (Å²) in [6, 6.07) is 1.50. The molecule has 0 amide bonds. The van der Waals surface area contributed by atoms with Gasteiger partial charge < -0.3 is 57.3 Å². The molecule has 0 unspecified atom stereocenters. The zero-order valence-electron chi connectivity index (χ0n) is 36.8. The van der Waals surface area contributed by atoms with Crippen molar-refractivity contribution in [2.45, 2.75) is 148 Å². The minimum atomic E-state index is -2.66. The topological polar surface area (TPSA) is 239 Å². The van der Waals surface area contributed by atoms with Gasteiger partial charge in [-0.05, 0) is 32.3 Å². The van der Waals surface area contributed by atoms with E-state index in [-0.39, 0.29) is 17.6 Å². The van der Waals surface area contributed by atoms with Crippen molar-refractivity contribution in [1.82, 2.24) is 0 Å². The van der Waals surface area contributed by atoms with Crippen LogP contribution in [0.1, 0.15) is 101 Å². The number of hydrogen-bond acceptors (Lipinski definition) is 18. The summed E-state index contributed by atoms with van der Waals surface area (Å²) in [5, 5.41) is 26.6. The number of ether oxygens (including phenoxy) is 9. The Morgan fingerprint density at radius 2 is 1.53 bits per heavy atom. The van der Waals surface area contributed by atoms with Crippen LogP contribution in [0.15, 0.2) is 46.0 Å². The van der Waals surface area contributed by atoms with E-state index in [1.165, 1.54) is 45.6 Å². The number of esters is 6. The third-order valence-electron chi connectivity index (χ3n) is 15.6. The largest absolute Gasteiger partial charge is 0.511 e. The van der Waals surface area contributed by atoms with E-state index < -0.39 is 146 Å². The second-order valence-corrected chi connectivity index (χ2v) is 19.0. The number of carbonyl (C=O) groups is 6. The van der Waals surface area contributed by atoms with E-state index in [4.69, 9.17) is 47.0 Å². The van der Waals surface area contributed by atoms with Crippen LogP contribution in [0.5, 0.6) is 0 Å². The molecule has 2 spiro atoms. The van der Waals surface area contributed by atoms with Crippen molar-refractivity contribution in [2.24, 2.45) is 34.0 Å². The second-order valence-electron chi connectivity index (χ2n) is 19.0. The van der Waals surface area contributed by atoms with E-state index >= 15 is 0 Å². The lowest BCUT2D eigenvalue weighted by atomic mass is 9.32. The molecule has 15 atom stereocenters. The van der Waals surface area contributed by atoms with Gasteiger partial charge in [0, 0.05) is 67.9 Å². The third kappa shape index (κ3) is 4.78. The number of fused-ring (bicyclic) bond motifs is 3. The molecule has 0 aromatic carbocycles. The van der Waals surface area contributed by atoms with Crippen LogP contribution in [-0.2, 0) is 71.4 Å². The highest BCUT2D eigenvalue weighted by molar-refractivity contribution is 5.92. The van der Waals surface area contributed by atoms with Crippen molar-refractivity contribution in [3.8, 4) is 0 Å². The minimum absolute atomic E-state index is 0.159. The molecule has 8 rings (SSSR count). The van der Waals surface area contributed by atoms with Gasteiger partial charge in [-0.15, -0.1) is 0 Å². The highest BCUT2D eigenvalue weighted by Crippen LogP contribution is 2.90. The van der Waals surface area contributed by atoms with Gasteiger partial charge in [-0.1, -0.05) is 40.7 Å². The van der Waals surface area contributed by atoms with E-state index in [1.54, 1.807) is 41.5 Å². The summed E-state index contributed by atoms with van der Waals surface area (Å²) in [4.78, 5) is 84.1. The van der Waals surface area contributed by atoms with Crippen LogP contribution in [0.25, 0.3) is 0 Å². The molecule has 4 bridgehead atoms. The molecule has 18 heteroatoms. The molecule has 7 fully saturated rings. The highest BCUT2D eigenvalue weighted by Gasteiger charge is 3.07. The molecule has 4 aliphatic carbocycles. The maximum absolute atomic E-state index is 15.0. The minimum Gasteiger partial charge on any atom is -0.511 e. The molecule has 3 aliphatic heterocycles. The van der Waals surface area contributed by atoms with Crippen LogP contribution >= 0.6 is 0 Å². The predicted molar refractivity (Wildman–Crippen MR) is 205 cm³/mol. The summed E-state index contributed by atoms with van der Waals surface area (Å²) < 4.78 is 64.2. The molecular formula is C44H54O18. The van der Waals surface area contributed by atoms with Gasteiger partial charge in [-0.2, -0.15) is 0 Å². The van der Waals surface area contributed by atoms with Gasteiger partial charge in [-0.3, -0.25) is 19.2 Å². The summed E-state index contributed by atoms with van der Waals surface area (Å²) in [6.45, 7) is 16.0. The van der Waals surface area contributed by atoms with E-state index in [0.717, 1.165) is 20.8 Å². The van der Waals surface area contributed by atoms with Crippen LogP contribution in [0.4, 0.5) is 0 Å². The fraction of sp³-hybridized carbons (Fsp3) is 0.682. The molecule has 338 valence electrons. The molecule has 62 heavy (non-hydrogen) atoms. The Labute approximate surface area is 357 Å². The third-order valence-corrected chi connectivity index (χ3v) is 15.6. The van der Waals surface area contributed by atoms with Gasteiger partial charge in [-0.25, -0.2) is 9.59 Å². The van der Waals surface area contributed by atoms with Crippen molar-refractivity contribution in [1.29, 1.82) is 0 Å². The van der Waals surface area contributed by atoms with Gasteiger partial charge in [0.25, 0.3) is 5.97 Å². The second kappa shape index (κ2) is 13.4. The first-order valence-corrected chi connectivity index (χ1v) is 20.7. The number of cyclic esters (lactones) is 1. The molecule has 18 nitrogen and oxygen atoms in total. The molecule has 3 saturated heterocycles. The first-order valence-electron chi connectivity index (χ1n) is 20.7. The highest BCUT2D eigenvalue weighted by atomic mass is 16.9.